The maximum absolute atomic E-state index is 12.4. The predicted molar refractivity (Wildman–Crippen MR) is 105 cm³/mol. The van der Waals surface area contributed by atoms with Gasteiger partial charge in [0.2, 0.25) is 5.91 Å². The van der Waals surface area contributed by atoms with Gasteiger partial charge < -0.3 is 20.4 Å². The van der Waals surface area contributed by atoms with Gasteiger partial charge in [-0.15, -0.1) is 0 Å². The van der Waals surface area contributed by atoms with Crippen LogP contribution < -0.4 is 15.5 Å². The summed E-state index contributed by atoms with van der Waals surface area (Å²) in [5.74, 6) is -0.281. The summed E-state index contributed by atoms with van der Waals surface area (Å²) in [5, 5.41) is 10.2. The summed E-state index contributed by atoms with van der Waals surface area (Å²) in [6.45, 7) is 4.29. The molecule has 144 valence electrons. The zero-order valence-corrected chi connectivity index (χ0v) is 16.1. The summed E-state index contributed by atoms with van der Waals surface area (Å²) >= 11 is 5.92. The summed E-state index contributed by atoms with van der Waals surface area (Å²) in [7, 11) is 1.77. The lowest BCUT2D eigenvalue weighted by atomic mass is 10.2. The van der Waals surface area contributed by atoms with E-state index in [1.165, 1.54) is 0 Å². The zero-order valence-electron chi connectivity index (χ0n) is 15.4. The highest BCUT2D eigenvalue weighted by Crippen LogP contribution is 2.19. The third kappa shape index (κ3) is 4.91. The van der Waals surface area contributed by atoms with Crippen LogP contribution in [0.4, 0.5) is 16.2 Å². The number of carbonyl (C=O) groups is 2. The van der Waals surface area contributed by atoms with Crippen molar-refractivity contribution in [3.8, 4) is 0 Å². The van der Waals surface area contributed by atoms with Crippen LogP contribution in [0.5, 0.6) is 0 Å². The molecule has 1 fully saturated rings. The molecule has 2 N–H and O–H groups in total. The van der Waals surface area contributed by atoms with Crippen LogP contribution in [0, 0.1) is 0 Å². The van der Waals surface area contributed by atoms with Gasteiger partial charge in [0.05, 0.1) is 11.9 Å². The van der Waals surface area contributed by atoms with Crippen molar-refractivity contribution in [1.82, 2.24) is 20.0 Å². The second kappa shape index (κ2) is 8.30. The van der Waals surface area contributed by atoms with Crippen LogP contribution in [0.15, 0.2) is 36.7 Å². The molecule has 1 aliphatic heterocycles. The Kier molecular flexibility index (Phi) is 5.85. The van der Waals surface area contributed by atoms with Crippen LogP contribution in [0.2, 0.25) is 5.02 Å². The number of rotatable bonds is 4. The van der Waals surface area contributed by atoms with E-state index in [0.29, 0.717) is 23.8 Å². The molecule has 0 radical (unpaired) electrons. The van der Waals surface area contributed by atoms with Gasteiger partial charge in [-0.25, -0.2) is 4.79 Å². The largest absolute Gasteiger partial charge is 0.368 e. The molecule has 0 saturated carbocycles. The molecule has 0 spiro atoms. The number of aromatic nitrogens is 2. The number of nitrogens with one attached hydrogen (secondary N) is 2. The average Bonchev–Trinajstić information content (AvgIpc) is 3.07. The number of anilines is 2. The molecular weight excluding hydrogens is 368 g/mol. The smallest absolute Gasteiger partial charge is 0.318 e. The Morgan fingerprint density at radius 1 is 1.15 bits per heavy atom. The fourth-order valence-electron chi connectivity index (χ4n) is 2.90. The van der Waals surface area contributed by atoms with Gasteiger partial charge >= 0.3 is 6.03 Å². The van der Waals surface area contributed by atoms with E-state index >= 15 is 0 Å². The minimum Gasteiger partial charge on any atom is -0.368 e. The van der Waals surface area contributed by atoms with E-state index in [9.17, 15) is 9.59 Å². The highest BCUT2D eigenvalue weighted by molar-refractivity contribution is 6.30. The van der Waals surface area contributed by atoms with E-state index < -0.39 is 6.04 Å². The van der Waals surface area contributed by atoms with Crippen molar-refractivity contribution in [3.05, 3.63) is 41.7 Å². The molecule has 3 amide bonds. The summed E-state index contributed by atoms with van der Waals surface area (Å²) in [5.41, 5.74) is 1.68. The van der Waals surface area contributed by atoms with E-state index in [1.807, 2.05) is 24.3 Å². The topological polar surface area (TPSA) is 82.5 Å². The molecule has 1 atom stereocenters. The van der Waals surface area contributed by atoms with Crippen molar-refractivity contribution in [2.75, 3.05) is 36.4 Å². The van der Waals surface area contributed by atoms with Crippen LogP contribution in [-0.4, -0.2) is 58.8 Å². The van der Waals surface area contributed by atoms with Crippen LogP contribution >= 0.6 is 11.6 Å². The molecule has 3 rings (SSSR count). The lowest BCUT2D eigenvalue weighted by molar-refractivity contribution is -0.117. The fourth-order valence-corrected chi connectivity index (χ4v) is 3.02. The van der Waals surface area contributed by atoms with Gasteiger partial charge in [-0.3, -0.25) is 9.48 Å². The molecule has 2 aromatic rings. The Hall–Kier alpha value is -2.74. The summed E-state index contributed by atoms with van der Waals surface area (Å²) in [6.07, 6.45) is 3.25. The standard InChI is InChI=1S/C18H23ClN6O2/c1-13(17(26)22-15-11-20-23(2)12-15)21-18(27)25-9-7-24(8-10-25)16-5-3-14(19)4-6-16/h3-6,11-13H,7-10H2,1-2H3,(H,21,27)(H,22,26). The Labute approximate surface area is 163 Å². The number of piperazine rings is 1. The zero-order chi connectivity index (χ0) is 19.4. The number of carbonyl (C=O) groups excluding carboxylic acids is 2. The van der Waals surface area contributed by atoms with E-state index in [1.54, 1.807) is 35.9 Å². The number of hydrogen-bond acceptors (Lipinski definition) is 4. The van der Waals surface area contributed by atoms with Crippen LogP contribution in [-0.2, 0) is 11.8 Å². The molecule has 8 nitrogen and oxygen atoms in total. The SMILES string of the molecule is CC(NC(=O)N1CCN(c2ccc(Cl)cc2)CC1)C(=O)Nc1cnn(C)c1. The highest BCUT2D eigenvalue weighted by Gasteiger charge is 2.24. The maximum atomic E-state index is 12.4. The van der Waals surface area contributed by atoms with Crippen molar-refractivity contribution in [2.24, 2.45) is 7.05 Å². The van der Waals surface area contributed by atoms with Crippen LogP contribution in [0.1, 0.15) is 6.92 Å². The summed E-state index contributed by atoms with van der Waals surface area (Å²) in [4.78, 5) is 28.6. The van der Waals surface area contributed by atoms with Gasteiger partial charge in [0.25, 0.3) is 0 Å². The molecule has 1 aromatic carbocycles. The van der Waals surface area contributed by atoms with Gasteiger partial charge in [-0.2, -0.15) is 5.10 Å². The summed E-state index contributed by atoms with van der Waals surface area (Å²) < 4.78 is 1.60. The Morgan fingerprint density at radius 3 is 2.41 bits per heavy atom. The van der Waals surface area contributed by atoms with Crippen molar-refractivity contribution < 1.29 is 9.59 Å². The van der Waals surface area contributed by atoms with Gasteiger partial charge in [-0.1, -0.05) is 11.6 Å². The second-order valence-electron chi connectivity index (χ2n) is 6.51. The van der Waals surface area contributed by atoms with Gasteiger partial charge in [0.1, 0.15) is 6.04 Å². The Morgan fingerprint density at radius 2 is 1.81 bits per heavy atom. The maximum Gasteiger partial charge on any atom is 0.318 e. The number of halogens is 1. The number of hydrogen-bond donors (Lipinski definition) is 2. The number of benzene rings is 1. The lowest BCUT2D eigenvalue weighted by Crippen LogP contribution is -2.54. The van der Waals surface area contributed by atoms with E-state index in [0.717, 1.165) is 18.8 Å². The average molecular weight is 391 g/mol. The monoisotopic (exact) mass is 390 g/mol. The minimum absolute atomic E-state index is 0.236. The van der Waals surface area contributed by atoms with Gasteiger partial charge in [-0.05, 0) is 31.2 Å². The number of urea groups is 1. The number of nitrogens with zero attached hydrogens (tertiary/aromatic N) is 4. The van der Waals surface area contributed by atoms with Crippen molar-refractivity contribution >= 4 is 34.9 Å². The number of amides is 3. The molecule has 1 aromatic heterocycles. The second-order valence-corrected chi connectivity index (χ2v) is 6.95. The quantitative estimate of drug-likeness (QED) is 0.835. The van der Waals surface area contributed by atoms with Crippen molar-refractivity contribution in [1.29, 1.82) is 0 Å². The molecule has 0 bridgehead atoms. The van der Waals surface area contributed by atoms with E-state index in [2.05, 4.69) is 20.6 Å². The molecule has 9 heteroatoms. The normalized spacial score (nSPS) is 15.4. The van der Waals surface area contributed by atoms with Crippen molar-refractivity contribution in [3.63, 3.8) is 0 Å². The number of aryl methyl sites for hydroxylation is 1. The molecule has 1 aliphatic rings. The molecule has 2 heterocycles. The van der Waals surface area contributed by atoms with Crippen LogP contribution in [0.3, 0.4) is 0 Å². The molecule has 27 heavy (non-hydrogen) atoms. The van der Waals surface area contributed by atoms with Crippen molar-refractivity contribution in [2.45, 2.75) is 13.0 Å². The first kappa shape index (κ1) is 19.0. The third-order valence-corrected chi connectivity index (χ3v) is 4.72. The highest BCUT2D eigenvalue weighted by atomic mass is 35.5. The van der Waals surface area contributed by atoms with E-state index in [4.69, 9.17) is 11.6 Å². The molecule has 0 aliphatic carbocycles. The fraction of sp³-hybridized carbons (Fsp3) is 0.389. The Bertz CT molecular complexity index is 798. The Balaban J connectivity index is 1.47. The lowest BCUT2D eigenvalue weighted by Gasteiger charge is -2.36. The van der Waals surface area contributed by atoms with Gasteiger partial charge in [0, 0.05) is 50.1 Å². The molecule has 1 saturated heterocycles. The van der Waals surface area contributed by atoms with E-state index in [-0.39, 0.29) is 11.9 Å². The molecular formula is C18H23ClN6O2. The molecule has 1 unspecified atom stereocenters. The van der Waals surface area contributed by atoms with Crippen LogP contribution in [0.25, 0.3) is 0 Å². The minimum atomic E-state index is -0.646. The first-order valence-corrected chi connectivity index (χ1v) is 9.15. The summed E-state index contributed by atoms with van der Waals surface area (Å²) in [6, 6.07) is 6.79. The predicted octanol–water partition coefficient (Wildman–Crippen LogP) is 1.93. The third-order valence-electron chi connectivity index (χ3n) is 4.46. The van der Waals surface area contributed by atoms with Gasteiger partial charge in [0.15, 0.2) is 0 Å². The first-order chi connectivity index (χ1) is 12.9. The first-order valence-electron chi connectivity index (χ1n) is 8.78.